The summed E-state index contributed by atoms with van der Waals surface area (Å²) in [5, 5.41) is 11.6. The van der Waals surface area contributed by atoms with E-state index in [0.717, 1.165) is 24.2 Å². The molecule has 2 amide bonds. The van der Waals surface area contributed by atoms with Gasteiger partial charge in [-0.2, -0.15) is 0 Å². The van der Waals surface area contributed by atoms with E-state index in [9.17, 15) is 9.59 Å². The molecule has 0 atom stereocenters. The van der Waals surface area contributed by atoms with Gasteiger partial charge in [-0.05, 0) is 19.3 Å². The quantitative estimate of drug-likeness (QED) is 0.679. The Balaban J connectivity index is 4.77. The van der Waals surface area contributed by atoms with Gasteiger partial charge in [0.25, 0.3) is 0 Å². The number of carboxylic acid groups (broad SMARTS) is 1. The number of hydrogen-bond acceptors (Lipinski definition) is 2. The summed E-state index contributed by atoms with van der Waals surface area (Å²) in [5.41, 5.74) is -0.289. The molecule has 0 aliphatic carbocycles. The Labute approximate surface area is 109 Å². The summed E-state index contributed by atoms with van der Waals surface area (Å²) in [5.74, 6) is 1.22. The van der Waals surface area contributed by atoms with Gasteiger partial charge in [-0.1, -0.05) is 26.7 Å². The van der Waals surface area contributed by atoms with Crippen LogP contribution in [0.15, 0.2) is 0 Å². The highest BCUT2D eigenvalue weighted by molar-refractivity contribution is 5.80. The Morgan fingerprint density at radius 3 is 2.11 bits per heavy atom. The summed E-state index contributed by atoms with van der Waals surface area (Å²) in [7, 11) is 0. The highest BCUT2D eigenvalue weighted by Gasteiger charge is 2.28. The first kappa shape index (κ1) is 16.3. The zero-order valence-electron chi connectivity index (χ0n) is 11.3. The van der Waals surface area contributed by atoms with Crippen molar-refractivity contribution in [3.8, 4) is 12.3 Å². The van der Waals surface area contributed by atoms with Crippen molar-refractivity contribution in [3.63, 3.8) is 0 Å². The maximum atomic E-state index is 12.0. The Kier molecular flexibility index (Phi) is 6.88. The minimum absolute atomic E-state index is 0.00858. The average molecular weight is 254 g/mol. The second-order valence-electron chi connectivity index (χ2n) is 4.23. The number of aliphatic carboxylic acids is 1. The van der Waals surface area contributed by atoms with Crippen molar-refractivity contribution in [2.45, 2.75) is 45.6 Å². The first-order valence-electron chi connectivity index (χ1n) is 6.17. The van der Waals surface area contributed by atoms with Crippen LogP contribution in [-0.4, -0.2) is 40.6 Å². The molecule has 18 heavy (non-hydrogen) atoms. The molecule has 0 bridgehead atoms. The van der Waals surface area contributed by atoms with Crippen LogP contribution in [0.5, 0.6) is 0 Å². The van der Waals surface area contributed by atoms with Crippen molar-refractivity contribution >= 4 is 12.0 Å². The van der Waals surface area contributed by atoms with Gasteiger partial charge in [-0.3, -0.25) is 4.79 Å². The van der Waals surface area contributed by atoms with Crippen LogP contribution in [0.25, 0.3) is 0 Å². The lowest BCUT2D eigenvalue weighted by molar-refractivity contribution is -0.137. The van der Waals surface area contributed by atoms with Crippen molar-refractivity contribution in [2.24, 2.45) is 0 Å². The van der Waals surface area contributed by atoms with Gasteiger partial charge in [0.2, 0.25) is 0 Å². The minimum Gasteiger partial charge on any atom is -0.480 e. The van der Waals surface area contributed by atoms with Crippen molar-refractivity contribution in [3.05, 3.63) is 0 Å². The van der Waals surface area contributed by atoms with Gasteiger partial charge in [0, 0.05) is 5.54 Å². The normalized spacial score (nSPS) is 10.6. The molecule has 102 valence electrons. The zero-order chi connectivity index (χ0) is 14.2. The first-order chi connectivity index (χ1) is 8.44. The fraction of sp³-hybridized carbons (Fsp3) is 0.692. The second kappa shape index (κ2) is 7.59. The molecule has 5 nitrogen and oxygen atoms in total. The van der Waals surface area contributed by atoms with E-state index in [4.69, 9.17) is 11.5 Å². The maximum absolute atomic E-state index is 12.0. The Morgan fingerprint density at radius 2 is 1.78 bits per heavy atom. The summed E-state index contributed by atoms with van der Waals surface area (Å²) in [6.45, 7) is 5.59. The number of carboxylic acids is 1. The van der Waals surface area contributed by atoms with Crippen LogP contribution in [0, 0.1) is 12.3 Å². The van der Waals surface area contributed by atoms with Crippen molar-refractivity contribution in [1.82, 2.24) is 10.2 Å². The molecule has 0 spiro atoms. The Bertz CT molecular complexity index is 321. The molecule has 0 rings (SSSR count). The largest absolute Gasteiger partial charge is 0.480 e. The van der Waals surface area contributed by atoms with E-state index in [2.05, 4.69) is 11.2 Å². The molecule has 0 fully saturated rings. The number of amides is 2. The van der Waals surface area contributed by atoms with E-state index in [1.54, 1.807) is 0 Å². The molecule has 0 aliphatic rings. The van der Waals surface area contributed by atoms with Crippen LogP contribution in [0.1, 0.15) is 40.0 Å². The zero-order valence-corrected chi connectivity index (χ0v) is 11.3. The van der Waals surface area contributed by atoms with Crippen LogP contribution < -0.4 is 5.32 Å². The Hall–Kier alpha value is -1.70. The number of terminal acetylenes is 1. The molecule has 0 saturated heterocycles. The monoisotopic (exact) mass is 254 g/mol. The molecule has 0 aliphatic heterocycles. The first-order valence-corrected chi connectivity index (χ1v) is 6.17. The van der Waals surface area contributed by atoms with Crippen LogP contribution in [0.2, 0.25) is 0 Å². The number of carbonyl (C=O) groups excluding carboxylic acids is 1. The van der Waals surface area contributed by atoms with Crippen molar-refractivity contribution in [2.75, 3.05) is 13.1 Å². The molecule has 2 N–H and O–H groups in total. The third kappa shape index (κ3) is 4.66. The van der Waals surface area contributed by atoms with E-state index >= 15 is 0 Å². The average Bonchev–Trinajstić information content (AvgIpc) is 2.35. The molecule has 0 aromatic heterocycles. The molecule has 0 aromatic rings. The Morgan fingerprint density at radius 1 is 1.28 bits per heavy atom. The van der Waals surface area contributed by atoms with Crippen LogP contribution >= 0.6 is 0 Å². The van der Waals surface area contributed by atoms with E-state index in [1.165, 1.54) is 0 Å². The van der Waals surface area contributed by atoms with Crippen molar-refractivity contribution < 1.29 is 14.7 Å². The SMILES string of the molecule is C#CCN(CC(=O)O)C(=O)NC(CC)(CC)CC. The predicted molar refractivity (Wildman–Crippen MR) is 70.2 cm³/mol. The van der Waals surface area contributed by atoms with Gasteiger partial charge in [0.1, 0.15) is 6.54 Å². The maximum Gasteiger partial charge on any atom is 0.323 e. The van der Waals surface area contributed by atoms with Crippen molar-refractivity contribution in [1.29, 1.82) is 0 Å². The summed E-state index contributed by atoms with van der Waals surface area (Å²) in [4.78, 5) is 23.8. The topological polar surface area (TPSA) is 69.6 Å². The number of nitrogens with one attached hydrogen (secondary N) is 1. The van der Waals surface area contributed by atoms with Gasteiger partial charge in [-0.15, -0.1) is 6.42 Å². The summed E-state index contributed by atoms with van der Waals surface area (Å²) in [6, 6.07) is -0.416. The van der Waals surface area contributed by atoms with Gasteiger partial charge < -0.3 is 15.3 Å². The van der Waals surface area contributed by atoms with Crippen LogP contribution in [0.3, 0.4) is 0 Å². The molecular formula is C13H22N2O3. The smallest absolute Gasteiger partial charge is 0.323 e. The highest BCUT2D eigenvalue weighted by Crippen LogP contribution is 2.19. The van der Waals surface area contributed by atoms with E-state index in [0.29, 0.717) is 0 Å². The fourth-order valence-electron chi connectivity index (χ4n) is 1.79. The predicted octanol–water partition coefficient (Wildman–Crippen LogP) is 1.68. The minimum atomic E-state index is -1.07. The molecular weight excluding hydrogens is 232 g/mol. The number of carbonyl (C=O) groups is 2. The van der Waals surface area contributed by atoms with Gasteiger partial charge >= 0.3 is 12.0 Å². The number of hydrogen-bond donors (Lipinski definition) is 2. The molecule has 5 heteroatoms. The number of nitrogens with zero attached hydrogens (tertiary/aromatic N) is 1. The fourth-order valence-corrected chi connectivity index (χ4v) is 1.79. The number of urea groups is 1. The molecule has 0 saturated carbocycles. The summed E-state index contributed by atoms with van der Waals surface area (Å²) < 4.78 is 0. The van der Waals surface area contributed by atoms with Crippen LogP contribution in [-0.2, 0) is 4.79 Å². The molecule has 0 heterocycles. The summed E-state index contributed by atoms with van der Waals surface area (Å²) >= 11 is 0. The number of rotatable bonds is 7. The van der Waals surface area contributed by atoms with E-state index in [1.807, 2.05) is 20.8 Å². The molecule has 0 radical (unpaired) electrons. The second-order valence-corrected chi connectivity index (χ2v) is 4.23. The third-order valence-corrected chi connectivity index (χ3v) is 3.30. The van der Waals surface area contributed by atoms with Gasteiger partial charge in [0.05, 0.1) is 6.54 Å². The lowest BCUT2D eigenvalue weighted by Gasteiger charge is -2.34. The third-order valence-electron chi connectivity index (χ3n) is 3.30. The molecule has 0 unspecified atom stereocenters. The lowest BCUT2D eigenvalue weighted by atomic mass is 9.90. The lowest BCUT2D eigenvalue weighted by Crippen LogP contribution is -2.53. The van der Waals surface area contributed by atoms with Gasteiger partial charge in [0.15, 0.2) is 0 Å². The summed E-state index contributed by atoms with van der Waals surface area (Å²) in [6.07, 6.45) is 7.52. The van der Waals surface area contributed by atoms with E-state index in [-0.39, 0.29) is 18.6 Å². The molecule has 0 aromatic carbocycles. The van der Waals surface area contributed by atoms with E-state index < -0.39 is 12.0 Å². The van der Waals surface area contributed by atoms with Crippen LogP contribution in [0.4, 0.5) is 4.79 Å². The highest BCUT2D eigenvalue weighted by atomic mass is 16.4. The van der Waals surface area contributed by atoms with Gasteiger partial charge in [-0.25, -0.2) is 4.79 Å². The standard InChI is InChI=1S/C13H22N2O3/c1-5-9-15(10-11(16)17)12(18)14-13(6-2,7-3)8-4/h1H,6-10H2,2-4H3,(H,14,18)(H,16,17).